The molecule has 5 nitrogen and oxygen atoms in total. The number of carbonyl (C=O) groups excluding carboxylic acids is 1. The number of rotatable bonds is 60. The van der Waals surface area contributed by atoms with Crippen molar-refractivity contribution in [3.8, 4) is 0 Å². The van der Waals surface area contributed by atoms with Gasteiger partial charge in [0.2, 0.25) is 5.91 Å². The van der Waals surface area contributed by atoms with Crippen LogP contribution in [-0.4, -0.2) is 46.1 Å². The van der Waals surface area contributed by atoms with E-state index in [1.807, 2.05) is 6.08 Å². The second kappa shape index (κ2) is 61.1. The molecule has 0 rings (SSSR count). The Kier molecular flexibility index (Phi) is 59.9. The van der Waals surface area contributed by atoms with Gasteiger partial charge in [0.15, 0.2) is 0 Å². The van der Waals surface area contributed by atoms with Crippen molar-refractivity contribution in [2.24, 2.45) is 0 Å². The molecule has 420 valence electrons. The summed E-state index contributed by atoms with van der Waals surface area (Å²) < 4.78 is 0. The minimum absolute atomic E-state index is 0.0157. The van der Waals surface area contributed by atoms with Crippen LogP contribution in [0.3, 0.4) is 0 Å². The van der Waals surface area contributed by atoms with Gasteiger partial charge in [-0.1, -0.05) is 333 Å². The van der Waals surface area contributed by atoms with E-state index in [4.69, 9.17) is 0 Å². The average Bonchev–Trinajstić information content (AvgIpc) is 3.37. The van der Waals surface area contributed by atoms with Crippen molar-refractivity contribution in [2.75, 3.05) is 6.61 Å². The van der Waals surface area contributed by atoms with Gasteiger partial charge in [-0.2, -0.15) is 0 Å². The lowest BCUT2D eigenvalue weighted by molar-refractivity contribution is -0.124. The molecule has 0 spiro atoms. The van der Waals surface area contributed by atoms with Crippen LogP contribution in [-0.2, 0) is 4.79 Å². The highest BCUT2D eigenvalue weighted by Gasteiger charge is 2.20. The number of nitrogens with one attached hydrogen (secondary N) is 1. The summed E-state index contributed by atoms with van der Waals surface area (Å²) in [6, 6.07) is -0.745. The van der Waals surface area contributed by atoms with Gasteiger partial charge in [0.05, 0.1) is 31.3 Å². The molecule has 0 saturated heterocycles. The van der Waals surface area contributed by atoms with Gasteiger partial charge < -0.3 is 20.6 Å². The summed E-state index contributed by atoms with van der Waals surface area (Å²) in [5, 5.41) is 33.6. The van der Waals surface area contributed by atoms with Crippen LogP contribution in [0.4, 0.5) is 0 Å². The van der Waals surface area contributed by atoms with E-state index in [9.17, 15) is 20.1 Å². The maximum atomic E-state index is 12.6. The molecule has 3 unspecified atom stereocenters. The highest BCUT2D eigenvalue weighted by Crippen LogP contribution is 2.18. The zero-order chi connectivity index (χ0) is 51.4. The lowest BCUT2D eigenvalue weighted by Crippen LogP contribution is -2.45. The number of allylic oxidation sites excluding steroid dienone is 5. The maximum Gasteiger partial charge on any atom is 0.222 e. The first-order valence-corrected chi connectivity index (χ1v) is 32.3. The summed E-state index contributed by atoms with van der Waals surface area (Å²) in [5.41, 5.74) is 0. The van der Waals surface area contributed by atoms with Gasteiger partial charge in [-0.15, -0.1) is 0 Å². The van der Waals surface area contributed by atoms with Crippen LogP contribution >= 0.6 is 0 Å². The van der Waals surface area contributed by atoms with Gasteiger partial charge in [-0.25, -0.2) is 0 Å². The predicted molar refractivity (Wildman–Crippen MR) is 314 cm³/mol. The van der Waals surface area contributed by atoms with Crippen LogP contribution in [0.15, 0.2) is 36.5 Å². The lowest BCUT2D eigenvalue weighted by atomic mass is 10.0. The van der Waals surface area contributed by atoms with E-state index in [1.54, 1.807) is 6.08 Å². The number of aliphatic hydroxyl groups is 3. The van der Waals surface area contributed by atoms with Crippen molar-refractivity contribution in [2.45, 2.75) is 372 Å². The minimum atomic E-state index is -0.930. The van der Waals surface area contributed by atoms with E-state index in [0.717, 1.165) is 32.1 Å². The third kappa shape index (κ3) is 57.7. The normalized spacial score (nSPS) is 13.4. The third-order valence-corrected chi connectivity index (χ3v) is 15.2. The standard InChI is InChI=1S/C66H127NO4/c1-3-5-7-9-11-13-15-17-19-21-23-25-27-28-29-30-31-32-33-34-35-36-38-39-41-43-45-47-49-51-53-55-57-59-63(69)61-66(71)67-64(62-68)65(70)60-58-56-54-52-50-48-46-44-42-40-37-26-24-22-20-18-16-14-12-10-8-6-4-2/h27-28,30-31,58,60,63-65,68-70H,3-26,29,32-57,59,61-62H2,1-2H3,(H,67,71)/b28-27-,31-30-,60-58+. The molecule has 0 aromatic rings. The summed E-state index contributed by atoms with van der Waals surface area (Å²) >= 11 is 0. The molecule has 0 aliphatic carbocycles. The third-order valence-electron chi connectivity index (χ3n) is 15.2. The molecule has 0 aromatic heterocycles. The van der Waals surface area contributed by atoms with E-state index < -0.39 is 18.2 Å². The molecular weight excluding hydrogens is 871 g/mol. The first-order chi connectivity index (χ1) is 35.0. The molecular formula is C66H127NO4. The predicted octanol–water partition coefficient (Wildman–Crippen LogP) is 20.6. The van der Waals surface area contributed by atoms with Crippen LogP contribution in [0, 0.1) is 0 Å². The van der Waals surface area contributed by atoms with Crippen LogP contribution in [0.25, 0.3) is 0 Å². The van der Waals surface area contributed by atoms with Crippen molar-refractivity contribution in [3.63, 3.8) is 0 Å². The molecule has 4 N–H and O–H groups in total. The number of hydrogen-bond acceptors (Lipinski definition) is 4. The number of carbonyl (C=O) groups is 1. The molecule has 0 heterocycles. The SMILES string of the molecule is CCCCCCCCCCCCC/C=C\C/C=C\CCCCCCCCCCCCCCCCCC(O)CC(=O)NC(CO)C(O)/C=C/CCCCCCCCCCCCCCCCCCCCCCC. The number of unbranched alkanes of at least 4 members (excludes halogenated alkanes) is 47. The van der Waals surface area contributed by atoms with E-state index in [0.29, 0.717) is 6.42 Å². The highest BCUT2D eigenvalue weighted by molar-refractivity contribution is 5.76. The molecule has 0 aliphatic rings. The second-order valence-corrected chi connectivity index (χ2v) is 22.4. The number of amides is 1. The molecule has 0 radical (unpaired) electrons. The van der Waals surface area contributed by atoms with E-state index in [-0.39, 0.29) is 18.9 Å². The van der Waals surface area contributed by atoms with Crippen LogP contribution < -0.4 is 5.32 Å². The Labute approximate surface area is 444 Å². The first kappa shape index (κ1) is 69.6. The minimum Gasteiger partial charge on any atom is -0.394 e. The van der Waals surface area contributed by atoms with Gasteiger partial charge >= 0.3 is 0 Å². The second-order valence-electron chi connectivity index (χ2n) is 22.4. The monoisotopic (exact) mass is 998 g/mol. The molecule has 5 heteroatoms. The van der Waals surface area contributed by atoms with Gasteiger partial charge in [0.1, 0.15) is 0 Å². The molecule has 0 fully saturated rings. The summed E-state index contributed by atoms with van der Waals surface area (Å²) in [5.74, 6) is -0.310. The summed E-state index contributed by atoms with van der Waals surface area (Å²) in [7, 11) is 0. The van der Waals surface area contributed by atoms with Crippen molar-refractivity contribution < 1.29 is 20.1 Å². The van der Waals surface area contributed by atoms with E-state index in [2.05, 4.69) is 43.5 Å². The van der Waals surface area contributed by atoms with Crippen LogP contribution in [0.5, 0.6) is 0 Å². The Bertz CT molecular complexity index is 1100. The van der Waals surface area contributed by atoms with E-state index in [1.165, 1.54) is 295 Å². The summed E-state index contributed by atoms with van der Waals surface area (Å²) in [6.07, 6.45) is 80.8. The van der Waals surface area contributed by atoms with Gasteiger partial charge in [0, 0.05) is 0 Å². The Morgan fingerprint density at radius 2 is 0.634 bits per heavy atom. The van der Waals surface area contributed by atoms with Gasteiger partial charge in [-0.05, 0) is 51.4 Å². The molecule has 3 atom stereocenters. The zero-order valence-electron chi connectivity index (χ0n) is 48.1. The quantitative estimate of drug-likeness (QED) is 0.0361. The summed E-state index contributed by atoms with van der Waals surface area (Å²) in [4.78, 5) is 12.6. The Hall–Kier alpha value is -1.43. The highest BCUT2D eigenvalue weighted by atomic mass is 16.3. The van der Waals surface area contributed by atoms with Crippen molar-refractivity contribution in [1.29, 1.82) is 0 Å². The fourth-order valence-electron chi connectivity index (χ4n) is 10.3. The van der Waals surface area contributed by atoms with Crippen LogP contribution in [0.2, 0.25) is 0 Å². The number of hydrogen-bond donors (Lipinski definition) is 4. The van der Waals surface area contributed by atoms with Crippen molar-refractivity contribution in [3.05, 3.63) is 36.5 Å². The fourth-order valence-corrected chi connectivity index (χ4v) is 10.3. The molecule has 0 aliphatic heterocycles. The first-order valence-electron chi connectivity index (χ1n) is 32.3. The van der Waals surface area contributed by atoms with E-state index >= 15 is 0 Å². The lowest BCUT2D eigenvalue weighted by Gasteiger charge is -2.21. The Morgan fingerprint density at radius 1 is 0.366 bits per heavy atom. The molecule has 71 heavy (non-hydrogen) atoms. The Morgan fingerprint density at radius 3 is 0.930 bits per heavy atom. The van der Waals surface area contributed by atoms with Crippen molar-refractivity contribution >= 4 is 5.91 Å². The van der Waals surface area contributed by atoms with Gasteiger partial charge in [-0.3, -0.25) is 4.79 Å². The fraction of sp³-hybridized carbons (Fsp3) is 0.894. The number of aliphatic hydroxyl groups excluding tert-OH is 3. The topological polar surface area (TPSA) is 89.8 Å². The zero-order valence-corrected chi connectivity index (χ0v) is 48.1. The van der Waals surface area contributed by atoms with Crippen molar-refractivity contribution in [1.82, 2.24) is 5.32 Å². The van der Waals surface area contributed by atoms with Crippen LogP contribution in [0.1, 0.15) is 354 Å². The molecule has 1 amide bonds. The van der Waals surface area contributed by atoms with Gasteiger partial charge in [0.25, 0.3) is 0 Å². The summed E-state index contributed by atoms with van der Waals surface area (Å²) in [6.45, 7) is 4.26. The molecule has 0 bridgehead atoms. The maximum absolute atomic E-state index is 12.6. The smallest absolute Gasteiger partial charge is 0.222 e. The largest absolute Gasteiger partial charge is 0.394 e. The molecule has 0 saturated carbocycles. The Balaban J connectivity index is 3.52. The average molecular weight is 999 g/mol. The molecule has 0 aromatic carbocycles.